The Morgan fingerprint density at radius 3 is 2.73 bits per heavy atom. The number of thioether (sulfide) groups is 1. The number of hydroxylamine groups is 1. The number of hydrogen-bond donors (Lipinski definition) is 2. The third-order valence-corrected chi connectivity index (χ3v) is 4.03. The van der Waals surface area contributed by atoms with Gasteiger partial charge in [0.2, 0.25) is 0 Å². The molecule has 82 valence electrons. The summed E-state index contributed by atoms with van der Waals surface area (Å²) >= 11 is 2.05. The van der Waals surface area contributed by atoms with Gasteiger partial charge in [-0.1, -0.05) is 24.3 Å². The first-order chi connectivity index (χ1) is 7.42. The molecule has 0 atom stereocenters. The molecule has 0 aromatic heterocycles. The zero-order valence-corrected chi connectivity index (χ0v) is 9.59. The summed E-state index contributed by atoms with van der Waals surface area (Å²) in [5, 5.41) is 8.79. The summed E-state index contributed by atoms with van der Waals surface area (Å²) < 4.78 is 0. The first kappa shape index (κ1) is 11.0. The van der Waals surface area contributed by atoms with Crippen molar-refractivity contribution >= 4 is 11.8 Å². The molecule has 0 bridgehead atoms. The smallest absolute Gasteiger partial charge is 0.0460 e. The molecule has 0 amide bonds. The molecule has 15 heavy (non-hydrogen) atoms. The Morgan fingerprint density at radius 2 is 2.00 bits per heavy atom. The van der Waals surface area contributed by atoms with E-state index in [0.717, 1.165) is 0 Å². The second kappa shape index (κ2) is 5.54. The van der Waals surface area contributed by atoms with E-state index in [9.17, 15) is 0 Å². The Morgan fingerprint density at radius 1 is 1.27 bits per heavy atom. The molecule has 0 aliphatic carbocycles. The van der Waals surface area contributed by atoms with Gasteiger partial charge in [-0.2, -0.15) is 11.8 Å². The molecular formula is C12H17NOS. The lowest BCUT2D eigenvalue weighted by Crippen LogP contribution is -2.13. The van der Waals surface area contributed by atoms with Crippen LogP contribution in [0, 0.1) is 0 Å². The fraction of sp³-hybridized carbons (Fsp3) is 0.500. The normalized spacial score (nSPS) is 17.9. The molecule has 3 heteroatoms. The van der Waals surface area contributed by atoms with E-state index in [2.05, 4.69) is 23.7 Å². The zero-order chi connectivity index (χ0) is 10.5. The Labute approximate surface area is 95.0 Å². The maximum Gasteiger partial charge on any atom is 0.0460 e. The van der Waals surface area contributed by atoms with Gasteiger partial charge in [-0.05, 0) is 41.4 Å². The summed E-state index contributed by atoms with van der Waals surface area (Å²) in [5.41, 5.74) is 4.91. The maximum absolute atomic E-state index is 8.79. The highest BCUT2D eigenvalue weighted by Crippen LogP contribution is 2.33. The molecule has 1 aliphatic heterocycles. The lowest BCUT2D eigenvalue weighted by molar-refractivity contribution is 0.161. The predicted molar refractivity (Wildman–Crippen MR) is 64.4 cm³/mol. The van der Waals surface area contributed by atoms with Crippen molar-refractivity contribution in [3.8, 4) is 0 Å². The molecule has 0 unspecified atom stereocenters. The summed E-state index contributed by atoms with van der Waals surface area (Å²) in [6.45, 7) is 0.555. The van der Waals surface area contributed by atoms with E-state index >= 15 is 0 Å². The second-order valence-electron chi connectivity index (χ2n) is 3.92. The Hall–Kier alpha value is -0.510. The van der Waals surface area contributed by atoms with Gasteiger partial charge in [0, 0.05) is 6.54 Å². The lowest BCUT2D eigenvalue weighted by atomic mass is 9.90. The topological polar surface area (TPSA) is 32.3 Å². The minimum absolute atomic E-state index is 0.555. The van der Waals surface area contributed by atoms with E-state index in [-0.39, 0.29) is 0 Å². The molecular weight excluding hydrogens is 206 g/mol. The van der Waals surface area contributed by atoms with Crippen molar-refractivity contribution in [2.24, 2.45) is 0 Å². The van der Waals surface area contributed by atoms with Crippen molar-refractivity contribution in [1.29, 1.82) is 0 Å². The van der Waals surface area contributed by atoms with Crippen LogP contribution in [0.15, 0.2) is 24.3 Å². The Kier molecular flexibility index (Phi) is 4.06. The number of rotatable bonds is 3. The van der Waals surface area contributed by atoms with E-state index < -0.39 is 0 Å². The van der Waals surface area contributed by atoms with Gasteiger partial charge in [-0.15, -0.1) is 0 Å². The molecule has 1 aromatic carbocycles. The summed E-state index contributed by atoms with van der Waals surface area (Å²) in [4.78, 5) is 0. The predicted octanol–water partition coefficient (Wildman–Crippen LogP) is 2.78. The molecule has 0 radical (unpaired) electrons. The van der Waals surface area contributed by atoms with Crippen molar-refractivity contribution in [2.45, 2.75) is 25.3 Å². The molecule has 2 N–H and O–H groups in total. The van der Waals surface area contributed by atoms with E-state index in [1.807, 2.05) is 17.8 Å². The van der Waals surface area contributed by atoms with Crippen LogP contribution in [0.2, 0.25) is 0 Å². The largest absolute Gasteiger partial charge is 0.316 e. The highest BCUT2D eigenvalue weighted by Gasteiger charge is 2.17. The van der Waals surface area contributed by atoms with Crippen molar-refractivity contribution in [3.05, 3.63) is 35.4 Å². The third-order valence-electron chi connectivity index (χ3n) is 2.99. The maximum atomic E-state index is 8.79. The second-order valence-corrected chi connectivity index (χ2v) is 5.15. The van der Waals surface area contributed by atoms with Crippen molar-refractivity contribution < 1.29 is 5.21 Å². The standard InChI is InChI=1S/C12H17NOS/c14-13-9-11-3-1-2-4-12(11)10-5-7-15-8-6-10/h1-4,10,13-14H,5-9H2. The Balaban J connectivity index is 2.17. The van der Waals surface area contributed by atoms with Crippen LogP contribution < -0.4 is 5.48 Å². The van der Waals surface area contributed by atoms with E-state index in [4.69, 9.17) is 5.21 Å². The van der Waals surface area contributed by atoms with Gasteiger partial charge < -0.3 is 5.21 Å². The number of nitrogens with one attached hydrogen (secondary N) is 1. The van der Waals surface area contributed by atoms with Crippen LogP contribution in [0.25, 0.3) is 0 Å². The van der Waals surface area contributed by atoms with Crippen molar-refractivity contribution in [2.75, 3.05) is 11.5 Å². The van der Waals surface area contributed by atoms with Crippen molar-refractivity contribution in [3.63, 3.8) is 0 Å². The van der Waals surface area contributed by atoms with Gasteiger partial charge in [-0.3, -0.25) is 0 Å². The van der Waals surface area contributed by atoms with E-state index in [1.165, 1.54) is 35.5 Å². The summed E-state index contributed by atoms with van der Waals surface area (Å²) in [7, 11) is 0. The fourth-order valence-corrected chi connectivity index (χ4v) is 3.29. The molecule has 1 aliphatic rings. The molecule has 0 saturated carbocycles. The monoisotopic (exact) mass is 223 g/mol. The molecule has 1 heterocycles. The highest BCUT2D eigenvalue weighted by atomic mass is 32.2. The van der Waals surface area contributed by atoms with Crippen LogP contribution in [0.3, 0.4) is 0 Å². The van der Waals surface area contributed by atoms with Crippen LogP contribution in [0.5, 0.6) is 0 Å². The molecule has 1 saturated heterocycles. The zero-order valence-electron chi connectivity index (χ0n) is 8.78. The van der Waals surface area contributed by atoms with Gasteiger partial charge in [-0.25, -0.2) is 5.48 Å². The molecule has 0 spiro atoms. The minimum Gasteiger partial charge on any atom is -0.316 e. The molecule has 1 aromatic rings. The Bertz CT molecular complexity index is 310. The van der Waals surface area contributed by atoms with Crippen LogP contribution in [0.4, 0.5) is 0 Å². The highest BCUT2D eigenvalue weighted by molar-refractivity contribution is 7.99. The molecule has 1 fully saturated rings. The SMILES string of the molecule is ONCc1ccccc1C1CCSCC1. The van der Waals surface area contributed by atoms with E-state index in [1.54, 1.807) is 0 Å². The third kappa shape index (κ3) is 2.74. The first-order valence-electron chi connectivity index (χ1n) is 5.44. The quantitative estimate of drug-likeness (QED) is 0.773. The average molecular weight is 223 g/mol. The lowest BCUT2D eigenvalue weighted by Gasteiger charge is -2.23. The van der Waals surface area contributed by atoms with Crippen LogP contribution in [0.1, 0.15) is 29.9 Å². The van der Waals surface area contributed by atoms with Gasteiger partial charge in [0.25, 0.3) is 0 Å². The fourth-order valence-electron chi connectivity index (χ4n) is 2.19. The number of benzene rings is 1. The molecule has 2 nitrogen and oxygen atoms in total. The van der Waals surface area contributed by atoms with Crippen LogP contribution in [-0.2, 0) is 6.54 Å². The summed E-state index contributed by atoms with van der Waals surface area (Å²) in [6, 6.07) is 8.43. The van der Waals surface area contributed by atoms with Crippen LogP contribution >= 0.6 is 11.8 Å². The van der Waals surface area contributed by atoms with Gasteiger partial charge in [0.1, 0.15) is 0 Å². The first-order valence-corrected chi connectivity index (χ1v) is 6.60. The summed E-state index contributed by atoms with van der Waals surface area (Å²) in [5.74, 6) is 3.23. The van der Waals surface area contributed by atoms with Crippen LogP contribution in [-0.4, -0.2) is 16.7 Å². The van der Waals surface area contributed by atoms with Crippen molar-refractivity contribution in [1.82, 2.24) is 5.48 Å². The average Bonchev–Trinajstić information content (AvgIpc) is 2.31. The number of hydrogen-bond acceptors (Lipinski definition) is 3. The summed E-state index contributed by atoms with van der Waals surface area (Å²) in [6.07, 6.45) is 2.54. The van der Waals surface area contributed by atoms with E-state index in [0.29, 0.717) is 12.5 Å². The van der Waals surface area contributed by atoms with Gasteiger partial charge in [0.05, 0.1) is 0 Å². The molecule has 2 rings (SSSR count). The van der Waals surface area contributed by atoms with Gasteiger partial charge in [0.15, 0.2) is 0 Å². The minimum atomic E-state index is 0.555. The van der Waals surface area contributed by atoms with Gasteiger partial charge >= 0.3 is 0 Å².